The first-order valence-electron chi connectivity index (χ1n) is 25.4. The van der Waals surface area contributed by atoms with Crippen LogP contribution in [0.15, 0.2) is 41.0 Å². The summed E-state index contributed by atoms with van der Waals surface area (Å²) in [5, 5.41) is 15.7. The number of hydrogen-bond donors (Lipinski definition) is 3. The van der Waals surface area contributed by atoms with Gasteiger partial charge in [-0.05, 0) is 70.2 Å². The maximum Gasteiger partial charge on any atom is 0.242 e. The zero-order chi connectivity index (χ0) is 53.2. The molecule has 0 bridgehead atoms. The van der Waals surface area contributed by atoms with Crippen LogP contribution in [0, 0.1) is 17.8 Å². The second-order valence-electron chi connectivity index (χ2n) is 18.9. The van der Waals surface area contributed by atoms with Crippen molar-refractivity contribution in [3.8, 4) is 0 Å². The van der Waals surface area contributed by atoms with Crippen LogP contribution in [0.2, 0.25) is 0 Å². The van der Waals surface area contributed by atoms with E-state index in [1.54, 1.807) is 51.2 Å². The largest absolute Gasteiger partial charge is 0.393 e. The monoisotopic (exact) mass is 1030 g/mol. The van der Waals surface area contributed by atoms with Crippen LogP contribution in [0.4, 0.5) is 0 Å². The van der Waals surface area contributed by atoms with Gasteiger partial charge in [-0.3, -0.25) is 28.9 Å². The van der Waals surface area contributed by atoms with E-state index in [9.17, 15) is 24.0 Å². The molecular formula is C52H86N8O11S. The van der Waals surface area contributed by atoms with E-state index in [2.05, 4.69) is 26.1 Å². The fourth-order valence-corrected chi connectivity index (χ4v) is 9.70. The Morgan fingerprint density at radius 1 is 0.889 bits per heavy atom. The highest BCUT2D eigenvalue weighted by Gasteiger charge is 2.42. The van der Waals surface area contributed by atoms with Crippen LogP contribution < -0.4 is 16.0 Å². The number of likely N-dealkylation sites (tertiary alicyclic amines) is 1. The molecule has 1 aliphatic heterocycles. The normalized spacial score (nSPS) is 17.0. The Morgan fingerprint density at radius 3 is 2.11 bits per heavy atom. The van der Waals surface area contributed by atoms with Crippen molar-refractivity contribution in [2.24, 2.45) is 22.9 Å². The average Bonchev–Trinajstić information content (AvgIpc) is 4.08. The number of carbonyl (C=O) groups is 5. The number of nitrogens with zero attached hydrogens (tertiary/aromatic N) is 5. The number of ketones is 1. The third-order valence-corrected chi connectivity index (χ3v) is 14.3. The first kappa shape index (κ1) is 61.9. The van der Waals surface area contributed by atoms with Gasteiger partial charge < -0.3 is 54.3 Å². The fourth-order valence-electron chi connectivity index (χ4n) is 9.14. The molecular weight excluding hydrogens is 945 g/mol. The number of likely N-dealkylation sites (N-methyl/N-ethyl adjacent to an activating group) is 3. The highest BCUT2D eigenvalue weighted by atomic mass is 32.1. The maximum absolute atomic E-state index is 14.1. The van der Waals surface area contributed by atoms with Gasteiger partial charge in [-0.1, -0.05) is 70.5 Å². The van der Waals surface area contributed by atoms with Gasteiger partial charge in [-0.15, -0.1) is 11.3 Å². The second-order valence-corrected chi connectivity index (χ2v) is 19.9. The lowest BCUT2D eigenvalue weighted by Gasteiger charge is -2.39. The van der Waals surface area contributed by atoms with Crippen LogP contribution in [-0.2, 0) is 65.5 Å². The highest BCUT2D eigenvalue weighted by Crippen LogP contribution is 2.29. The van der Waals surface area contributed by atoms with Crippen LogP contribution in [0.1, 0.15) is 90.3 Å². The number of hydrogen-bond acceptors (Lipinski definition) is 16. The Bertz CT molecular complexity index is 1940. The number of benzene rings is 1. The summed E-state index contributed by atoms with van der Waals surface area (Å²) < 4.78 is 28.9. The fraction of sp³-hybridized carbons (Fsp3) is 0.712. The van der Waals surface area contributed by atoms with Gasteiger partial charge in [0.15, 0.2) is 0 Å². The molecule has 19 nitrogen and oxygen atoms in total. The Kier molecular flexibility index (Phi) is 28.7. The van der Waals surface area contributed by atoms with Crippen LogP contribution >= 0.6 is 11.3 Å². The molecule has 1 aromatic carbocycles. The third-order valence-electron chi connectivity index (χ3n) is 13.5. The van der Waals surface area contributed by atoms with Gasteiger partial charge >= 0.3 is 0 Å². The molecule has 3 N–H and O–H groups in total. The van der Waals surface area contributed by atoms with E-state index in [0.29, 0.717) is 78.7 Å². The van der Waals surface area contributed by atoms with E-state index in [0.717, 1.165) is 34.7 Å². The molecule has 20 heteroatoms. The van der Waals surface area contributed by atoms with Gasteiger partial charge in [0.05, 0.1) is 107 Å². The summed E-state index contributed by atoms with van der Waals surface area (Å²) in [6.07, 6.45) is 3.42. The van der Waals surface area contributed by atoms with Gasteiger partial charge in [0.2, 0.25) is 23.6 Å². The molecule has 1 aliphatic rings. The number of Topliss-reactive ketones (excluding diaryl/α,β-unsaturated/α-hetero) is 1. The number of oxime groups is 1. The number of thiazole rings is 1. The van der Waals surface area contributed by atoms with Crippen molar-refractivity contribution in [1.82, 2.24) is 35.6 Å². The first-order chi connectivity index (χ1) is 34.5. The molecule has 1 aromatic heterocycles. The number of amides is 4. The van der Waals surface area contributed by atoms with E-state index in [-0.39, 0.29) is 66.3 Å². The summed E-state index contributed by atoms with van der Waals surface area (Å²) in [7, 11) is 8.47. The van der Waals surface area contributed by atoms with Crippen molar-refractivity contribution in [2.45, 2.75) is 123 Å². The van der Waals surface area contributed by atoms with E-state index in [1.165, 1.54) is 11.3 Å². The maximum atomic E-state index is 14.1. The van der Waals surface area contributed by atoms with Crippen molar-refractivity contribution >= 4 is 46.5 Å². The topological polar surface area (TPSA) is 212 Å². The molecule has 8 unspecified atom stereocenters. The molecule has 0 saturated carbocycles. The van der Waals surface area contributed by atoms with E-state index >= 15 is 0 Å². The van der Waals surface area contributed by atoms with Crippen molar-refractivity contribution in [3.63, 3.8) is 0 Å². The molecule has 72 heavy (non-hydrogen) atoms. The van der Waals surface area contributed by atoms with Crippen LogP contribution in [0.3, 0.4) is 0 Å². The Labute approximate surface area is 432 Å². The van der Waals surface area contributed by atoms with Crippen molar-refractivity contribution in [1.29, 1.82) is 0 Å². The molecule has 1 fully saturated rings. The number of methoxy groups -OCH3 is 2. The molecule has 2 aromatic rings. The summed E-state index contributed by atoms with van der Waals surface area (Å²) in [6.45, 7) is 17.0. The molecule has 0 spiro atoms. The predicted octanol–water partition coefficient (Wildman–Crippen LogP) is 3.96. The Hall–Kier alpha value is -4.41. The molecule has 406 valence electrons. The second kappa shape index (κ2) is 33.4. The summed E-state index contributed by atoms with van der Waals surface area (Å²) in [5.41, 5.74) is 2.74. The van der Waals surface area contributed by atoms with Crippen molar-refractivity contribution < 1.29 is 52.5 Å². The molecule has 3 rings (SSSR count). The smallest absolute Gasteiger partial charge is 0.242 e. The number of ether oxygens (including phenoxy) is 5. The summed E-state index contributed by atoms with van der Waals surface area (Å²) in [6, 6.07) is 6.45. The minimum Gasteiger partial charge on any atom is -0.393 e. The first-order valence-corrected chi connectivity index (χ1v) is 26.3. The molecule has 8 atom stereocenters. The zero-order valence-corrected chi connectivity index (χ0v) is 45.9. The minimum atomic E-state index is -0.622. The number of nitrogens with one attached hydrogen (secondary N) is 3. The zero-order valence-electron chi connectivity index (χ0n) is 45.1. The van der Waals surface area contributed by atoms with Gasteiger partial charge in [-0.25, -0.2) is 4.98 Å². The molecule has 4 amide bonds. The summed E-state index contributed by atoms with van der Waals surface area (Å²) >= 11 is 1.47. The number of carbonyl (C=O) groups excluding carboxylic acids is 5. The van der Waals surface area contributed by atoms with Crippen LogP contribution in [-0.4, -0.2) is 192 Å². The van der Waals surface area contributed by atoms with Crippen LogP contribution in [0.25, 0.3) is 0 Å². The van der Waals surface area contributed by atoms with Gasteiger partial charge in [-0.2, -0.15) is 0 Å². The summed E-state index contributed by atoms with van der Waals surface area (Å²) in [4.78, 5) is 81.5. The standard InChI is InChI=1S/C52H86N8O11S/c1-13-36(4)49(44(66-11)32-46(62)60-21-14-15-43(60)50(67-12)37(5)51(64)55-33-45-54-20-30-72-45)59(10)47(63)34-56-52(65)48(35(2)3)58(9)22-23-68-24-25-69-26-27-70-28-29-71-57-38(6)41-18-16-40(17-19-41)31-42(53-8)39(7)61/h16-20,30,35-37,42-44,48-50,53H,13-15,21-29,31-34H2,1-12H3,(H,55,64)(H,56,65)/b57-38+. The Balaban J connectivity index is 1.38. The van der Waals surface area contributed by atoms with E-state index in [4.69, 9.17) is 28.5 Å². The third kappa shape index (κ3) is 20.1. The SMILES string of the molecule is CCC(C)C(C(CC(=O)N1CCCC1C(OC)C(C)C(=O)NCc1nccs1)OC)N(C)C(=O)CNC(=O)C(C(C)C)N(C)CCOCCOCCOCCO/N=C(\C)c1ccc(CC(NC)C(C)=O)cc1. The van der Waals surface area contributed by atoms with E-state index < -0.39 is 30.2 Å². The lowest BCUT2D eigenvalue weighted by atomic mass is 9.90. The van der Waals surface area contributed by atoms with Crippen molar-refractivity contribution in [3.05, 3.63) is 52.0 Å². The molecule has 0 aliphatic carbocycles. The van der Waals surface area contributed by atoms with Crippen LogP contribution in [0.5, 0.6) is 0 Å². The number of aromatic nitrogens is 1. The summed E-state index contributed by atoms with van der Waals surface area (Å²) in [5.74, 6) is -1.35. The van der Waals surface area contributed by atoms with E-state index in [1.807, 2.05) is 83.1 Å². The lowest BCUT2D eigenvalue weighted by Crippen LogP contribution is -2.55. The average molecular weight is 1030 g/mol. The van der Waals surface area contributed by atoms with Crippen molar-refractivity contribution in [2.75, 3.05) is 101 Å². The molecule has 1 saturated heterocycles. The van der Waals surface area contributed by atoms with Gasteiger partial charge in [0.1, 0.15) is 17.4 Å². The minimum absolute atomic E-state index is 0.0281. The van der Waals surface area contributed by atoms with Gasteiger partial charge in [0.25, 0.3) is 0 Å². The lowest BCUT2D eigenvalue weighted by molar-refractivity contribution is -0.146. The molecule has 0 radical (unpaired) electrons. The predicted molar refractivity (Wildman–Crippen MR) is 279 cm³/mol. The quantitative estimate of drug-likeness (QED) is 0.0502. The Morgan fingerprint density at radius 2 is 1.54 bits per heavy atom. The highest BCUT2D eigenvalue weighted by molar-refractivity contribution is 7.09. The van der Waals surface area contributed by atoms with Gasteiger partial charge in [0, 0.05) is 45.9 Å². The molecule has 2 heterocycles. The number of rotatable bonds is 36.